The molecule has 0 bridgehead atoms. The minimum Gasteiger partial charge on any atom is -0.497 e. The molecule has 1 saturated heterocycles. The summed E-state index contributed by atoms with van der Waals surface area (Å²) in [5.41, 5.74) is 1.36. The zero-order valence-corrected chi connectivity index (χ0v) is 18.8. The minimum atomic E-state index is 0. The van der Waals surface area contributed by atoms with E-state index in [1.807, 2.05) is 19.2 Å². The smallest absolute Gasteiger partial charge is 0.191 e. The summed E-state index contributed by atoms with van der Waals surface area (Å²) >= 11 is 0. The third kappa shape index (κ3) is 6.99. The topological polar surface area (TPSA) is 48.9 Å². The van der Waals surface area contributed by atoms with Crippen LogP contribution in [-0.2, 0) is 6.54 Å². The number of nitrogens with one attached hydrogen (secondary N) is 2. The molecule has 2 N–H and O–H groups in total. The monoisotopic (exact) mass is 484 g/mol. The fourth-order valence-electron chi connectivity index (χ4n) is 3.70. The van der Waals surface area contributed by atoms with Gasteiger partial charge in [0.05, 0.1) is 7.11 Å². The van der Waals surface area contributed by atoms with Gasteiger partial charge in [-0.15, -0.1) is 24.0 Å². The maximum atomic E-state index is 5.23. The van der Waals surface area contributed by atoms with Crippen molar-refractivity contribution >= 4 is 29.9 Å². The number of guanidine groups is 1. The predicted octanol–water partition coefficient (Wildman–Crippen LogP) is 3.41. The summed E-state index contributed by atoms with van der Waals surface area (Å²) in [5.74, 6) is 2.59. The van der Waals surface area contributed by atoms with Crippen molar-refractivity contribution in [3.05, 3.63) is 42.0 Å². The molecule has 6 heteroatoms. The fourth-order valence-corrected chi connectivity index (χ4v) is 3.70. The molecule has 0 amide bonds. The van der Waals surface area contributed by atoms with E-state index in [0.717, 1.165) is 56.6 Å². The Kier molecular flexibility index (Phi) is 9.41. The van der Waals surface area contributed by atoms with E-state index in [2.05, 4.69) is 44.8 Å². The molecule has 0 radical (unpaired) electrons. The first-order valence-electron chi connectivity index (χ1n) is 9.74. The number of aliphatic imine (C=N–C) groups is 1. The van der Waals surface area contributed by atoms with Crippen molar-refractivity contribution < 1.29 is 4.74 Å². The van der Waals surface area contributed by atoms with Gasteiger partial charge < -0.3 is 15.4 Å². The van der Waals surface area contributed by atoms with Crippen LogP contribution in [0.5, 0.6) is 5.75 Å². The highest BCUT2D eigenvalue weighted by molar-refractivity contribution is 14.0. The summed E-state index contributed by atoms with van der Waals surface area (Å²) in [5, 5.41) is 7.03. The zero-order chi connectivity index (χ0) is 18.2. The summed E-state index contributed by atoms with van der Waals surface area (Å²) in [6, 6.07) is 8.93. The molecule has 2 aliphatic rings. The molecule has 1 fully saturated rings. The third-order valence-electron chi connectivity index (χ3n) is 5.40. The Morgan fingerprint density at radius 1 is 1.15 bits per heavy atom. The molecular formula is C21H33IN4O. The Hall–Kier alpha value is -1.28. The summed E-state index contributed by atoms with van der Waals surface area (Å²) in [4.78, 5) is 6.92. The van der Waals surface area contributed by atoms with Gasteiger partial charge in [0.1, 0.15) is 5.75 Å². The van der Waals surface area contributed by atoms with Crippen LogP contribution in [0.1, 0.15) is 31.2 Å². The second-order valence-corrected chi connectivity index (χ2v) is 7.30. The van der Waals surface area contributed by atoms with E-state index in [9.17, 15) is 0 Å². The Morgan fingerprint density at radius 2 is 1.81 bits per heavy atom. The first-order chi connectivity index (χ1) is 12.8. The molecule has 1 aliphatic heterocycles. The van der Waals surface area contributed by atoms with Gasteiger partial charge in [0, 0.05) is 26.2 Å². The third-order valence-corrected chi connectivity index (χ3v) is 5.40. The van der Waals surface area contributed by atoms with Crippen LogP contribution in [0, 0.1) is 5.92 Å². The van der Waals surface area contributed by atoms with Crippen LogP contribution in [0.3, 0.4) is 0 Å². The molecule has 1 aromatic carbocycles. The number of nitrogens with zero attached hydrogens (tertiary/aromatic N) is 2. The van der Waals surface area contributed by atoms with E-state index < -0.39 is 0 Å². The van der Waals surface area contributed by atoms with Crippen molar-refractivity contribution in [2.45, 2.75) is 38.3 Å². The average molecular weight is 484 g/mol. The number of hydrogen-bond donors (Lipinski definition) is 2. The summed E-state index contributed by atoms with van der Waals surface area (Å²) in [6.45, 7) is 4.37. The zero-order valence-electron chi connectivity index (χ0n) is 16.5. The van der Waals surface area contributed by atoms with E-state index in [0.29, 0.717) is 6.04 Å². The van der Waals surface area contributed by atoms with Crippen molar-refractivity contribution in [2.24, 2.45) is 10.9 Å². The van der Waals surface area contributed by atoms with Crippen molar-refractivity contribution in [1.29, 1.82) is 0 Å². The van der Waals surface area contributed by atoms with E-state index in [4.69, 9.17) is 4.74 Å². The maximum Gasteiger partial charge on any atom is 0.191 e. The van der Waals surface area contributed by atoms with Crippen molar-refractivity contribution in [3.63, 3.8) is 0 Å². The second kappa shape index (κ2) is 11.5. The number of halogens is 1. The predicted molar refractivity (Wildman–Crippen MR) is 123 cm³/mol. The number of methoxy groups -OCH3 is 1. The van der Waals surface area contributed by atoms with Gasteiger partial charge in [0.2, 0.25) is 0 Å². The normalized spacial score (nSPS) is 19.0. The molecule has 0 unspecified atom stereocenters. The molecule has 3 rings (SSSR count). The largest absolute Gasteiger partial charge is 0.497 e. The van der Waals surface area contributed by atoms with Gasteiger partial charge >= 0.3 is 0 Å². The van der Waals surface area contributed by atoms with E-state index in [-0.39, 0.29) is 24.0 Å². The number of ether oxygens (including phenoxy) is 1. The molecule has 5 nitrogen and oxygen atoms in total. The highest BCUT2D eigenvalue weighted by Crippen LogP contribution is 2.19. The summed E-state index contributed by atoms with van der Waals surface area (Å²) < 4.78 is 5.23. The van der Waals surface area contributed by atoms with Crippen molar-refractivity contribution in [1.82, 2.24) is 15.5 Å². The lowest BCUT2D eigenvalue weighted by atomic mass is 9.96. The number of piperidine rings is 1. The molecular weight excluding hydrogens is 451 g/mol. The molecule has 27 heavy (non-hydrogen) atoms. The van der Waals surface area contributed by atoms with Gasteiger partial charge in [0.15, 0.2) is 5.96 Å². The molecule has 0 atom stereocenters. The van der Waals surface area contributed by atoms with Crippen LogP contribution in [-0.4, -0.2) is 50.7 Å². The molecule has 1 aliphatic carbocycles. The Morgan fingerprint density at radius 3 is 2.41 bits per heavy atom. The van der Waals surface area contributed by atoms with Gasteiger partial charge in [-0.1, -0.05) is 24.3 Å². The fraction of sp³-hybridized carbons (Fsp3) is 0.571. The van der Waals surface area contributed by atoms with Gasteiger partial charge in [0.25, 0.3) is 0 Å². The summed E-state index contributed by atoms with van der Waals surface area (Å²) in [6.07, 6.45) is 9.16. The van der Waals surface area contributed by atoms with Gasteiger partial charge in [-0.05, 0) is 62.4 Å². The van der Waals surface area contributed by atoms with Crippen LogP contribution in [0.25, 0.3) is 0 Å². The van der Waals surface area contributed by atoms with E-state index >= 15 is 0 Å². The Balaban J connectivity index is 0.00000261. The summed E-state index contributed by atoms with van der Waals surface area (Å²) in [7, 11) is 3.57. The highest BCUT2D eigenvalue weighted by Gasteiger charge is 2.20. The average Bonchev–Trinajstić information content (AvgIpc) is 3.20. The minimum absolute atomic E-state index is 0. The molecule has 150 valence electrons. The lowest BCUT2D eigenvalue weighted by Crippen LogP contribution is -2.45. The van der Waals surface area contributed by atoms with Gasteiger partial charge in [-0.3, -0.25) is 9.89 Å². The molecule has 1 heterocycles. The van der Waals surface area contributed by atoms with Gasteiger partial charge in [-0.2, -0.15) is 0 Å². The molecule has 0 aromatic heterocycles. The lowest BCUT2D eigenvalue weighted by Gasteiger charge is -2.32. The van der Waals surface area contributed by atoms with Crippen LogP contribution < -0.4 is 15.4 Å². The number of likely N-dealkylation sites (tertiary alicyclic amines) is 1. The van der Waals surface area contributed by atoms with Crippen molar-refractivity contribution in [2.75, 3.05) is 33.8 Å². The SMILES string of the molecule is CN=C(NCC1CCN(Cc2ccc(OC)cc2)CC1)NC1CC=CC1.I. The van der Waals surface area contributed by atoms with Crippen LogP contribution in [0.15, 0.2) is 41.4 Å². The van der Waals surface area contributed by atoms with Crippen LogP contribution >= 0.6 is 24.0 Å². The Bertz CT molecular complexity index is 601. The first kappa shape index (κ1) is 22.0. The number of benzene rings is 1. The molecule has 0 saturated carbocycles. The second-order valence-electron chi connectivity index (χ2n) is 7.30. The van der Waals surface area contributed by atoms with Gasteiger partial charge in [-0.25, -0.2) is 0 Å². The number of hydrogen-bond acceptors (Lipinski definition) is 3. The van der Waals surface area contributed by atoms with E-state index in [1.165, 1.54) is 18.4 Å². The lowest BCUT2D eigenvalue weighted by molar-refractivity contribution is 0.178. The Labute approximate surface area is 180 Å². The standard InChI is InChI=1S/C21H32N4O.HI/c1-22-21(24-19-5-3-4-6-19)23-15-17-11-13-25(14-12-17)16-18-7-9-20(26-2)10-8-18;/h3-4,7-10,17,19H,5-6,11-16H2,1-2H3,(H2,22,23,24);1H. The van der Waals surface area contributed by atoms with Crippen LogP contribution in [0.4, 0.5) is 0 Å². The highest BCUT2D eigenvalue weighted by atomic mass is 127. The molecule has 0 spiro atoms. The van der Waals surface area contributed by atoms with Crippen molar-refractivity contribution in [3.8, 4) is 5.75 Å². The van der Waals surface area contributed by atoms with E-state index in [1.54, 1.807) is 7.11 Å². The van der Waals surface area contributed by atoms with Crippen LogP contribution in [0.2, 0.25) is 0 Å². The first-order valence-corrected chi connectivity index (χ1v) is 9.74. The maximum absolute atomic E-state index is 5.23. The molecule has 1 aromatic rings. The number of rotatable bonds is 6. The quantitative estimate of drug-likeness (QED) is 0.281.